The van der Waals surface area contributed by atoms with Gasteiger partial charge >= 0.3 is 0 Å². The summed E-state index contributed by atoms with van der Waals surface area (Å²) in [6.45, 7) is 0. The van der Waals surface area contributed by atoms with Gasteiger partial charge in [-0.3, -0.25) is 0 Å². The van der Waals surface area contributed by atoms with Crippen LogP contribution in [-0.2, 0) is 0 Å². The van der Waals surface area contributed by atoms with Crippen molar-refractivity contribution in [2.24, 2.45) is 11.8 Å². The molecule has 4 aliphatic rings. The van der Waals surface area contributed by atoms with Crippen LogP contribution in [0.25, 0.3) is 0 Å². The molecule has 4 heterocycles. The van der Waals surface area contributed by atoms with E-state index in [2.05, 4.69) is 141 Å². The minimum Gasteiger partial charge on any atom is -0.161 e. The topological polar surface area (TPSA) is 0 Å². The molecule has 0 aromatic carbocycles. The largest absolute Gasteiger partial charge is 0.161 e. The molecule has 4 fully saturated rings. The molecule has 0 radical (unpaired) electrons. The molecule has 0 unspecified atom stereocenters. The van der Waals surface area contributed by atoms with Gasteiger partial charge in [-0.25, -0.2) is 0 Å². The molecular formula is C26H46S12. The fourth-order valence-corrected chi connectivity index (χ4v) is 19.5. The Kier molecular flexibility index (Phi) is 20.9. The lowest BCUT2D eigenvalue weighted by atomic mass is 10.00. The molecule has 222 valence electrons. The summed E-state index contributed by atoms with van der Waals surface area (Å²) >= 11 is 26.6. The van der Waals surface area contributed by atoms with Crippen LogP contribution in [0.4, 0.5) is 0 Å². The molecule has 0 atom stereocenters. The van der Waals surface area contributed by atoms with E-state index >= 15 is 0 Å². The molecule has 0 saturated carbocycles. The minimum absolute atomic E-state index is 0.893. The Morgan fingerprint density at radius 2 is 0.605 bits per heavy atom. The molecule has 0 aromatic heterocycles. The maximum absolute atomic E-state index is 2.28. The summed E-state index contributed by atoms with van der Waals surface area (Å²) in [4.78, 5) is 0. The van der Waals surface area contributed by atoms with E-state index in [1.165, 1.54) is 115 Å². The third kappa shape index (κ3) is 15.0. The summed E-state index contributed by atoms with van der Waals surface area (Å²) in [7, 11) is 0. The van der Waals surface area contributed by atoms with Crippen molar-refractivity contribution < 1.29 is 0 Å². The third-order valence-electron chi connectivity index (χ3n) is 6.75. The predicted octanol–water partition coefficient (Wildman–Crippen LogP) is 8.55. The molecule has 0 N–H and O–H groups in total. The fourth-order valence-electron chi connectivity index (χ4n) is 3.92. The highest BCUT2D eigenvalue weighted by Crippen LogP contribution is 2.35. The van der Waals surface area contributed by atoms with E-state index in [1.54, 1.807) is 0 Å². The van der Waals surface area contributed by atoms with Gasteiger partial charge in [0.05, 0.1) is 0 Å². The van der Waals surface area contributed by atoms with E-state index in [1.807, 2.05) is 0 Å². The van der Waals surface area contributed by atoms with Gasteiger partial charge in [-0.05, 0) is 34.8 Å². The average Bonchev–Trinajstić information content (AvgIpc) is 2.80. The van der Waals surface area contributed by atoms with Crippen molar-refractivity contribution >= 4 is 141 Å². The molecule has 38 heavy (non-hydrogen) atoms. The maximum atomic E-state index is 2.28. The van der Waals surface area contributed by atoms with Gasteiger partial charge in [0, 0.05) is 113 Å². The molecular weight excluding hydrogens is 697 g/mol. The lowest BCUT2D eigenvalue weighted by Gasteiger charge is -2.28. The van der Waals surface area contributed by atoms with Crippen LogP contribution in [0, 0.1) is 11.8 Å². The van der Waals surface area contributed by atoms with Gasteiger partial charge < -0.3 is 0 Å². The van der Waals surface area contributed by atoms with Gasteiger partial charge in [0.25, 0.3) is 0 Å². The van der Waals surface area contributed by atoms with Crippen LogP contribution >= 0.6 is 141 Å². The number of rotatable bonds is 25. The van der Waals surface area contributed by atoms with Crippen molar-refractivity contribution in [3.05, 3.63) is 0 Å². The Bertz CT molecular complexity index is 485. The summed E-state index contributed by atoms with van der Waals surface area (Å²) < 4.78 is 0. The SMILES string of the molecule is C(CSC1CSC1)SCC(CSCCSC1CSC1)C(CSCCSC1CSC1)CSCCSC1CSC1. The van der Waals surface area contributed by atoms with Crippen molar-refractivity contribution in [3.63, 3.8) is 0 Å². The second-order valence-electron chi connectivity index (χ2n) is 9.94. The smallest absolute Gasteiger partial charge is 0.0229 e. The number of hydrogen-bond donors (Lipinski definition) is 0. The lowest BCUT2D eigenvalue weighted by Crippen LogP contribution is -2.26. The molecule has 0 amide bonds. The molecule has 0 spiro atoms. The van der Waals surface area contributed by atoms with Crippen molar-refractivity contribution in [1.82, 2.24) is 0 Å². The Morgan fingerprint density at radius 3 is 0.789 bits per heavy atom. The van der Waals surface area contributed by atoms with Crippen LogP contribution in [0.2, 0.25) is 0 Å². The summed E-state index contributed by atoms with van der Waals surface area (Å²) in [5.41, 5.74) is 0. The zero-order valence-electron chi connectivity index (χ0n) is 22.5. The predicted molar refractivity (Wildman–Crippen MR) is 211 cm³/mol. The fraction of sp³-hybridized carbons (Fsp3) is 1.00. The summed E-state index contributed by atoms with van der Waals surface area (Å²) in [5, 5.41) is 3.86. The van der Waals surface area contributed by atoms with Gasteiger partial charge in [0.1, 0.15) is 0 Å². The maximum Gasteiger partial charge on any atom is 0.0229 e. The Morgan fingerprint density at radius 1 is 0.368 bits per heavy atom. The molecule has 4 aliphatic heterocycles. The van der Waals surface area contributed by atoms with E-state index < -0.39 is 0 Å². The third-order valence-corrected chi connectivity index (χ3v) is 24.2. The highest BCUT2D eigenvalue weighted by atomic mass is 32.2. The Hall–Kier alpha value is 4.20. The molecule has 4 rings (SSSR count). The van der Waals surface area contributed by atoms with Crippen molar-refractivity contribution in [1.29, 1.82) is 0 Å². The van der Waals surface area contributed by atoms with Crippen molar-refractivity contribution in [2.75, 3.05) is 115 Å². The van der Waals surface area contributed by atoms with E-state index in [-0.39, 0.29) is 0 Å². The Labute approximate surface area is 285 Å². The molecule has 0 bridgehead atoms. The first kappa shape index (κ1) is 35.1. The highest BCUT2D eigenvalue weighted by Gasteiger charge is 2.24. The zero-order valence-corrected chi connectivity index (χ0v) is 32.3. The molecule has 12 heteroatoms. The van der Waals surface area contributed by atoms with Crippen LogP contribution in [-0.4, -0.2) is 136 Å². The van der Waals surface area contributed by atoms with Gasteiger partial charge in [0.2, 0.25) is 0 Å². The lowest BCUT2D eigenvalue weighted by molar-refractivity contribution is 0.488. The van der Waals surface area contributed by atoms with Crippen LogP contribution in [0.5, 0.6) is 0 Å². The standard InChI is InChI=1S/C26H46S12/c1(5-35-23-13-31-14-23)27-9-21(10-28-2-6-36-24-15-32-16-24)22(11-29-3-7-37-25-17-33-18-25)12-30-4-8-38-26-19-34-20-26/h21-26H,1-20H2. The molecule has 0 nitrogen and oxygen atoms in total. The van der Waals surface area contributed by atoms with E-state index in [9.17, 15) is 0 Å². The number of thioether (sulfide) groups is 12. The first-order chi connectivity index (χ1) is 18.9. The van der Waals surface area contributed by atoms with Crippen LogP contribution < -0.4 is 0 Å². The van der Waals surface area contributed by atoms with E-state index in [4.69, 9.17) is 0 Å². The zero-order chi connectivity index (χ0) is 26.1. The van der Waals surface area contributed by atoms with E-state index in [0.29, 0.717) is 0 Å². The van der Waals surface area contributed by atoms with E-state index in [0.717, 1.165) is 32.8 Å². The van der Waals surface area contributed by atoms with Crippen LogP contribution in [0.15, 0.2) is 0 Å². The quantitative estimate of drug-likeness (QED) is 0.0824. The average molecular weight is 743 g/mol. The second-order valence-corrected chi connectivity index (χ2v) is 24.5. The normalized spacial score (nSPS) is 21.0. The molecule has 0 aromatic rings. The summed E-state index contributed by atoms with van der Waals surface area (Å²) in [6, 6.07) is 0. The highest BCUT2D eigenvalue weighted by molar-refractivity contribution is 8.09. The summed E-state index contributed by atoms with van der Waals surface area (Å²) in [5.74, 6) is 29.5. The first-order valence-electron chi connectivity index (χ1n) is 13.9. The second kappa shape index (κ2) is 22.7. The van der Waals surface area contributed by atoms with Gasteiger partial charge in [0.15, 0.2) is 0 Å². The summed E-state index contributed by atoms with van der Waals surface area (Å²) in [6.07, 6.45) is 0. The van der Waals surface area contributed by atoms with Crippen molar-refractivity contribution in [3.8, 4) is 0 Å². The molecule has 0 aliphatic carbocycles. The van der Waals surface area contributed by atoms with Gasteiger partial charge in [-0.1, -0.05) is 0 Å². The van der Waals surface area contributed by atoms with Gasteiger partial charge in [-0.2, -0.15) is 141 Å². The Balaban J connectivity index is 1.17. The number of hydrogen-bond acceptors (Lipinski definition) is 12. The van der Waals surface area contributed by atoms with Crippen LogP contribution in [0.3, 0.4) is 0 Å². The van der Waals surface area contributed by atoms with Gasteiger partial charge in [-0.15, -0.1) is 0 Å². The van der Waals surface area contributed by atoms with Crippen molar-refractivity contribution in [2.45, 2.75) is 21.0 Å². The minimum atomic E-state index is 0.893. The monoisotopic (exact) mass is 742 g/mol. The molecule has 4 saturated heterocycles. The first-order valence-corrected chi connectivity index (χ1v) is 27.4. The van der Waals surface area contributed by atoms with Crippen LogP contribution in [0.1, 0.15) is 0 Å².